The number of carbonyl (C=O) groups is 1. The van der Waals surface area contributed by atoms with Crippen LogP contribution in [0.3, 0.4) is 0 Å². The van der Waals surface area contributed by atoms with Gasteiger partial charge in [0.05, 0.1) is 19.1 Å². The summed E-state index contributed by atoms with van der Waals surface area (Å²) in [5, 5.41) is 9.00. The molecule has 2 rings (SSSR count). The fourth-order valence-corrected chi connectivity index (χ4v) is 4.41. The second kappa shape index (κ2) is 7.37. The maximum Gasteiger partial charge on any atom is 0.279 e. The number of amides is 1. The number of methoxy groups -OCH3 is 2. The molecule has 0 saturated carbocycles. The largest absolute Gasteiger partial charge is 0.493 e. The lowest BCUT2D eigenvalue weighted by Gasteiger charge is -2.30. The van der Waals surface area contributed by atoms with Crippen LogP contribution in [0.4, 0.5) is 0 Å². The highest BCUT2D eigenvalue weighted by molar-refractivity contribution is 7.89. The lowest BCUT2D eigenvalue weighted by atomic mass is 10.0. The first-order valence-electron chi connectivity index (χ1n) is 7.56. The van der Waals surface area contributed by atoms with Gasteiger partial charge in [0, 0.05) is 13.1 Å². The van der Waals surface area contributed by atoms with Gasteiger partial charge in [-0.15, -0.1) is 0 Å². The van der Waals surface area contributed by atoms with Gasteiger partial charge in [-0.25, -0.2) is 13.9 Å². The average Bonchev–Trinajstić information content (AvgIpc) is 2.59. The Morgan fingerprint density at radius 2 is 1.88 bits per heavy atom. The molecule has 0 spiro atoms. The van der Waals surface area contributed by atoms with Gasteiger partial charge in [0.2, 0.25) is 10.0 Å². The topological polar surface area (TPSA) is 105 Å². The summed E-state index contributed by atoms with van der Waals surface area (Å²) in [7, 11) is -1.23. The monoisotopic (exact) mass is 358 g/mol. The molecule has 1 saturated heterocycles. The molecule has 0 aromatic heterocycles. The zero-order chi connectivity index (χ0) is 17.9. The third kappa shape index (κ3) is 3.33. The summed E-state index contributed by atoms with van der Waals surface area (Å²) >= 11 is 0. The number of hydrogen-bond donors (Lipinski definition) is 2. The predicted octanol–water partition coefficient (Wildman–Crippen LogP) is 1.24. The Kier molecular flexibility index (Phi) is 5.68. The van der Waals surface area contributed by atoms with Crippen molar-refractivity contribution < 1.29 is 27.9 Å². The molecule has 1 aromatic carbocycles. The molecule has 134 valence electrons. The van der Waals surface area contributed by atoms with E-state index in [0.29, 0.717) is 19.0 Å². The molecule has 1 amide bonds. The standard InChI is InChI=1S/C15H22N2O6S/c1-10-6-8-17(9-7-10)24(20,21)12-5-4-11(22-2)14(23-3)13(12)15(18)16-19/h4-5,10,19H,6-9H2,1-3H3,(H,16,18). The summed E-state index contributed by atoms with van der Waals surface area (Å²) in [5.41, 5.74) is 1.19. The SMILES string of the molecule is COc1ccc(S(=O)(=O)N2CCC(C)CC2)c(C(=O)NO)c1OC. The molecule has 1 aromatic rings. The molecule has 0 aliphatic carbocycles. The van der Waals surface area contributed by atoms with Gasteiger partial charge in [0.15, 0.2) is 11.5 Å². The minimum Gasteiger partial charge on any atom is -0.493 e. The number of hydrogen-bond acceptors (Lipinski definition) is 6. The van der Waals surface area contributed by atoms with Gasteiger partial charge in [-0.1, -0.05) is 6.92 Å². The number of piperidine rings is 1. The summed E-state index contributed by atoms with van der Waals surface area (Å²) < 4.78 is 37.5. The number of benzene rings is 1. The second-order valence-corrected chi connectivity index (χ2v) is 7.61. The smallest absolute Gasteiger partial charge is 0.279 e. The average molecular weight is 358 g/mol. The first-order chi connectivity index (χ1) is 11.4. The van der Waals surface area contributed by atoms with Gasteiger partial charge in [-0.3, -0.25) is 10.0 Å². The lowest BCUT2D eigenvalue weighted by Crippen LogP contribution is -2.39. The Balaban J connectivity index is 2.58. The predicted molar refractivity (Wildman–Crippen MR) is 86.0 cm³/mol. The lowest BCUT2D eigenvalue weighted by molar-refractivity contribution is 0.0698. The van der Waals surface area contributed by atoms with Crippen molar-refractivity contribution in [1.82, 2.24) is 9.79 Å². The van der Waals surface area contributed by atoms with E-state index in [1.807, 2.05) is 0 Å². The van der Waals surface area contributed by atoms with E-state index in [2.05, 4.69) is 6.92 Å². The van der Waals surface area contributed by atoms with Gasteiger partial charge in [-0.2, -0.15) is 4.31 Å². The van der Waals surface area contributed by atoms with Crippen molar-refractivity contribution in [1.29, 1.82) is 0 Å². The van der Waals surface area contributed by atoms with E-state index < -0.39 is 15.9 Å². The summed E-state index contributed by atoms with van der Waals surface area (Å²) in [5.74, 6) is -0.366. The zero-order valence-corrected chi connectivity index (χ0v) is 14.7. The number of ether oxygens (including phenoxy) is 2. The summed E-state index contributed by atoms with van der Waals surface area (Å²) in [6, 6.07) is 2.71. The van der Waals surface area contributed by atoms with Crippen molar-refractivity contribution in [2.24, 2.45) is 5.92 Å². The Morgan fingerprint density at radius 3 is 2.38 bits per heavy atom. The number of carbonyl (C=O) groups excluding carboxylic acids is 1. The van der Waals surface area contributed by atoms with Crippen LogP contribution in [0.25, 0.3) is 0 Å². The maximum absolute atomic E-state index is 13.0. The van der Waals surface area contributed by atoms with Crippen LogP contribution >= 0.6 is 0 Å². The first kappa shape index (κ1) is 18.5. The number of nitrogens with zero attached hydrogens (tertiary/aromatic N) is 1. The van der Waals surface area contributed by atoms with Crippen molar-refractivity contribution >= 4 is 15.9 Å². The van der Waals surface area contributed by atoms with Crippen LogP contribution in [0.5, 0.6) is 11.5 Å². The third-order valence-electron chi connectivity index (χ3n) is 4.20. The molecule has 1 aliphatic rings. The van der Waals surface area contributed by atoms with E-state index in [0.717, 1.165) is 12.8 Å². The van der Waals surface area contributed by atoms with Crippen molar-refractivity contribution in [3.05, 3.63) is 17.7 Å². The summed E-state index contributed by atoms with van der Waals surface area (Å²) in [4.78, 5) is 11.9. The van der Waals surface area contributed by atoms with Crippen molar-refractivity contribution in [3.63, 3.8) is 0 Å². The van der Waals surface area contributed by atoms with Crippen LogP contribution in [0.2, 0.25) is 0 Å². The fourth-order valence-electron chi connectivity index (χ4n) is 2.76. The van der Waals surface area contributed by atoms with E-state index in [4.69, 9.17) is 14.7 Å². The molecular weight excluding hydrogens is 336 g/mol. The van der Waals surface area contributed by atoms with E-state index in [9.17, 15) is 13.2 Å². The van der Waals surface area contributed by atoms with Crippen LogP contribution in [-0.2, 0) is 10.0 Å². The Hall–Kier alpha value is -1.84. The number of sulfonamides is 1. The van der Waals surface area contributed by atoms with Crippen LogP contribution < -0.4 is 15.0 Å². The number of nitrogens with one attached hydrogen (secondary N) is 1. The van der Waals surface area contributed by atoms with E-state index in [-0.39, 0.29) is 22.0 Å². The van der Waals surface area contributed by atoms with Gasteiger partial charge in [0.25, 0.3) is 5.91 Å². The van der Waals surface area contributed by atoms with E-state index in [1.165, 1.54) is 36.1 Å². The van der Waals surface area contributed by atoms with E-state index in [1.54, 1.807) is 0 Å². The second-order valence-electron chi connectivity index (χ2n) is 5.70. The number of rotatable bonds is 5. The molecule has 1 aliphatic heterocycles. The van der Waals surface area contributed by atoms with Crippen molar-refractivity contribution in [2.75, 3.05) is 27.3 Å². The van der Waals surface area contributed by atoms with Crippen molar-refractivity contribution in [2.45, 2.75) is 24.7 Å². The van der Waals surface area contributed by atoms with Crippen molar-refractivity contribution in [3.8, 4) is 11.5 Å². The van der Waals surface area contributed by atoms with Gasteiger partial charge < -0.3 is 9.47 Å². The highest BCUT2D eigenvalue weighted by Gasteiger charge is 2.34. The summed E-state index contributed by atoms with van der Waals surface area (Å²) in [6.07, 6.45) is 1.52. The molecule has 8 nitrogen and oxygen atoms in total. The van der Waals surface area contributed by atoms with Gasteiger partial charge >= 0.3 is 0 Å². The maximum atomic E-state index is 13.0. The zero-order valence-electron chi connectivity index (χ0n) is 13.9. The Labute approximate surface area is 141 Å². The highest BCUT2D eigenvalue weighted by atomic mass is 32.2. The Morgan fingerprint density at radius 1 is 1.25 bits per heavy atom. The van der Waals surface area contributed by atoms with E-state index >= 15 is 0 Å². The minimum absolute atomic E-state index is 0.0458. The molecular formula is C15H22N2O6S. The fraction of sp³-hybridized carbons (Fsp3) is 0.533. The quantitative estimate of drug-likeness (QED) is 0.606. The summed E-state index contributed by atoms with van der Waals surface area (Å²) in [6.45, 7) is 2.85. The van der Waals surface area contributed by atoms with Crippen LogP contribution in [0, 0.1) is 5.92 Å². The van der Waals surface area contributed by atoms with Crippen LogP contribution in [0.15, 0.2) is 17.0 Å². The molecule has 0 unspecified atom stereocenters. The number of hydroxylamine groups is 1. The molecule has 0 bridgehead atoms. The molecule has 24 heavy (non-hydrogen) atoms. The molecule has 9 heteroatoms. The minimum atomic E-state index is -3.90. The molecule has 2 N–H and O–H groups in total. The van der Waals surface area contributed by atoms with Gasteiger partial charge in [-0.05, 0) is 30.9 Å². The molecule has 0 radical (unpaired) electrons. The van der Waals surface area contributed by atoms with Crippen LogP contribution in [-0.4, -0.2) is 51.1 Å². The van der Waals surface area contributed by atoms with Gasteiger partial charge in [0.1, 0.15) is 5.56 Å². The molecule has 1 heterocycles. The molecule has 0 atom stereocenters. The highest BCUT2D eigenvalue weighted by Crippen LogP contribution is 2.37. The first-order valence-corrected chi connectivity index (χ1v) is 9.00. The molecule has 1 fully saturated rings. The van der Waals surface area contributed by atoms with Crippen LogP contribution in [0.1, 0.15) is 30.1 Å². The Bertz CT molecular complexity index is 711. The normalized spacial score (nSPS) is 16.7. The third-order valence-corrected chi connectivity index (χ3v) is 6.14.